The van der Waals surface area contributed by atoms with Gasteiger partial charge >= 0.3 is 17.9 Å². The minimum absolute atomic E-state index is 0.125. The van der Waals surface area contributed by atoms with Crippen molar-refractivity contribution < 1.29 is 39.5 Å². The van der Waals surface area contributed by atoms with Gasteiger partial charge in [-0.25, -0.2) is 0 Å². The summed E-state index contributed by atoms with van der Waals surface area (Å²) in [7, 11) is 0. The molecule has 0 saturated carbocycles. The van der Waals surface area contributed by atoms with Crippen molar-refractivity contribution in [3.63, 3.8) is 0 Å². The van der Waals surface area contributed by atoms with E-state index < -0.39 is 57.6 Å². The molecule has 0 aliphatic heterocycles. The van der Waals surface area contributed by atoms with Crippen molar-refractivity contribution in [2.45, 2.75) is 36.1 Å². The number of alkyl halides is 9. The second-order valence-corrected chi connectivity index (χ2v) is 5.04. The molecule has 0 fully saturated rings. The molecule has 120 valence electrons. The molecule has 1 rings (SSSR count). The zero-order chi connectivity index (χ0) is 16.6. The van der Waals surface area contributed by atoms with Crippen LogP contribution in [0.3, 0.4) is 0 Å². The second kappa shape index (κ2) is 5.62. The molecule has 10 heteroatoms. The normalized spacial score (nSPS) is 13.6. The van der Waals surface area contributed by atoms with Crippen LogP contribution >= 0.6 is 11.8 Å². The summed E-state index contributed by atoms with van der Waals surface area (Å²) in [5, 5.41) is 0. The second-order valence-electron chi connectivity index (χ2n) is 3.90. The van der Waals surface area contributed by atoms with Crippen LogP contribution in [0.25, 0.3) is 0 Å². The SMILES string of the molecule is CCc1cc(SC(F)(F)F)cc(C(F)(F)F)c1C(F)(F)F. The number of thioether (sulfide) groups is 1. The predicted molar refractivity (Wildman–Crippen MR) is 57.7 cm³/mol. The van der Waals surface area contributed by atoms with E-state index in [1.165, 1.54) is 0 Å². The first-order valence-electron chi connectivity index (χ1n) is 5.32. The fourth-order valence-corrected chi connectivity index (χ4v) is 2.35. The largest absolute Gasteiger partial charge is 0.446 e. The number of hydrogen-bond donors (Lipinski definition) is 0. The zero-order valence-electron chi connectivity index (χ0n) is 10.2. The first-order chi connectivity index (χ1) is 9.25. The average molecular weight is 342 g/mol. The fourth-order valence-electron chi connectivity index (χ4n) is 1.70. The van der Waals surface area contributed by atoms with Gasteiger partial charge in [-0.15, -0.1) is 0 Å². The van der Waals surface area contributed by atoms with E-state index in [4.69, 9.17) is 0 Å². The average Bonchev–Trinajstić information content (AvgIpc) is 2.22. The molecule has 0 heterocycles. The van der Waals surface area contributed by atoms with Gasteiger partial charge < -0.3 is 0 Å². The van der Waals surface area contributed by atoms with Crippen LogP contribution in [0.5, 0.6) is 0 Å². The van der Waals surface area contributed by atoms with E-state index in [2.05, 4.69) is 0 Å². The Kier molecular flexibility index (Phi) is 4.81. The van der Waals surface area contributed by atoms with Crippen molar-refractivity contribution >= 4 is 11.8 Å². The van der Waals surface area contributed by atoms with Crippen LogP contribution in [0, 0.1) is 0 Å². The van der Waals surface area contributed by atoms with Gasteiger partial charge in [-0.2, -0.15) is 39.5 Å². The van der Waals surface area contributed by atoms with Gasteiger partial charge in [-0.3, -0.25) is 0 Å². The third kappa shape index (κ3) is 4.72. The molecule has 1 aromatic carbocycles. The molecule has 0 N–H and O–H groups in total. The molecule has 0 aliphatic rings. The first kappa shape index (κ1) is 18.0. The third-order valence-corrected chi connectivity index (χ3v) is 3.10. The molecule has 21 heavy (non-hydrogen) atoms. The number of aryl methyl sites for hydroxylation is 1. The van der Waals surface area contributed by atoms with Crippen molar-refractivity contribution in [1.82, 2.24) is 0 Å². The van der Waals surface area contributed by atoms with E-state index in [1.54, 1.807) is 0 Å². The lowest BCUT2D eigenvalue weighted by atomic mass is 9.98. The van der Waals surface area contributed by atoms with Crippen molar-refractivity contribution in [3.8, 4) is 0 Å². The molecule has 0 aliphatic carbocycles. The topological polar surface area (TPSA) is 0 Å². The molecule has 0 nitrogen and oxygen atoms in total. The molecular formula is C11H7F9S. The van der Waals surface area contributed by atoms with E-state index >= 15 is 0 Å². The molecule has 0 saturated heterocycles. The monoisotopic (exact) mass is 342 g/mol. The molecule has 0 unspecified atom stereocenters. The zero-order valence-corrected chi connectivity index (χ0v) is 11.0. The van der Waals surface area contributed by atoms with E-state index in [-0.39, 0.29) is 6.07 Å². The van der Waals surface area contributed by atoms with Crippen LogP contribution < -0.4 is 0 Å². The Hall–Kier alpha value is -1.06. The minimum Gasteiger partial charge on any atom is -0.166 e. The van der Waals surface area contributed by atoms with Gasteiger partial charge in [0.05, 0.1) is 11.1 Å². The van der Waals surface area contributed by atoms with Crippen LogP contribution in [-0.2, 0) is 18.8 Å². The van der Waals surface area contributed by atoms with Gasteiger partial charge in [-0.1, -0.05) is 6.92 Å². The predicted octanol–water partition coefficient (Wildman–Crippen LogP) is 5.90. The highest BCUT2D eigenvalue weighted by Crippen LogP contribution is 2.46. The Balaban J connectivity index is 3.59. The maximum Gasteiger partial charge on any atom is 0.446 e. The summed E-state index contributed by atoms with van der Waals surface area (Å²) in [4.78, 5) is -0.931. The third-order valence-electron chi connectivity index (χ3n) is 2.40. The van der Waals surface area contributed by atoms with E-state index in [1.807, 2.05) is 0 Å². The maximum absolute atomic E-state index is 12.8. The number of hydrogen-bond acceptors (Lipinski definition) is 1. The highest BCUT2D eigenvalue weighted by atomic mass is 32.2. The highest BCUT2D eigenvalue weighted by Gasteiger charge is 2.45. The van der Waals surface area contributed by atoms with E-state index in [9.17, 15) is 39.5 Å². The highest BCUT2D eigenvalue weighted by molar-refractivity contribution is 8.00. The lowest BCUT2D eigenvalue weighted by molar-refractivity contribution is -0.162. The van der Waals surface area contributed by atoms with Gasteiger partial charge in [0, 0.05) is 4.90 Å². The van der Waals surface area contributed by atoms with Crippen LogP contribution in [0.4, 0.5) is 39.5 Å². The van der Waals surface area contributed by atoms with Crippen molar-refractivity contribution in [2.24, 2.45) is 0 Å². The maximum atomic E-state index is 12.8. The lowest BCUT2D eigenvalue weighted by Gasteiger charge is -2.20. The summed E-state index contributed by atoms with van der Waals surface area (Å²) in [6.45, 7) is 1.13. The van der Waals surface area contributed by atoms with Gasteiger partial charge in [0.2, 0.25) is 0 Å². The fraction of sp³-hybridized carbons (Fsp3) is 0.455. The molecule has 0 amide bonds. The molecule has 0 radical (unpaired) electrons. The Labute approximate surface area is 117 Å². The Morgan fingerprint density at radius 1 is 0.857 bits per heavy atom. The van der Waals surface area contributed by atoms with E-state index in [0.29, 0.717) is 6.07 Å². The lowest BCUT2D eigenvalue weighted by Crippen LogP contribution is -2.19. The summed E-state index contributed by atoms with van der Waals surface area (Å²) in [5.74, 6) is 0. The van der Waals surface area contributed by atoms with Crippen LogP contribution in [0.2, 0.25) is 0 Å². The van der Waals surface area contributed by atoms with Crippen LogP contribution in [0.15, 0.2) is 17.0 Å². The molecular weight excluding hydrogens is 335 g/mol. The Morgan fingerprint density at radius 2 is 1.38 bits per heavy atom. The first-order valence-corrected chi connectivity index (χ1v) is 6.14. The minimum atomic E-state index is -5.41. The van der Waals surface area contributed by atoms with Crippen molar-refractivity contribution in [2.75, 3.05) is 0 Å². The standard InChI is InChI=1S/C11H7F9S/c1-2-5-3-6(21-11(18,19)20)4-7(9(12,13)14)8(5)10(15,16)17/h3-4H,2H2,1H3. The molecule has 0 aromatic heterocycles. The van der Waals surface area contributed by atoms with Crippen molar-refractivity contribution in [1.29, 1.82) is 0 Å². The Bertz CT molecular complexity index is 510. The van der Waals surface area contributed by atoms with Crippen LogP contribution in [0.1, 0.15) is 23.6 Å². The summed E-state index contributed by atoms with van der Waals surface area (Å²) >= 11 is -0.887. The van der Waals surface area contributed by atoms with Crippen molar-refractivity contribution in [3.05, 3.63) is 28.8 Å². The molecule has 1 aromatic rings. The number of rotatable bonds is 2. The van der Waals surface area contributed by atoms with Gasteiger partial charge in [0.25, 0.3) is 0 Å². The number of benzene rings is 1. The van der Waals surface area contributed by atoms with Gasteiger partial charge in [-0.05, 0) is 35.9 Å². The van der Waals surface area contributed by atoms with Gasteiger partial charge in [0.15, 0.2) is 0 Å². The number of halogens is 9. The Morgan fingerprint density at radius 3 is 1.71 bits per heavy atom. The smallest absolute Gasteiger partial charge is 0.166 e. The van der Waals surface area contributed by atoms with Crippen LogP contribution in [-0.4, -0.2) is 5.51 Å². The van der Waals surface area contributed by atoms with Gasteiger partial charge in [0.1, 0.15) is 0 Å². The summed E-state index contributed by atoms with van der Waals surface area (Å²) in [5.41, 5.74) is -9.78. The summed E-state index contributed by atoms with van der Waals surface area (Å²) in [6.07, 6.45) is -11.2. The summed E-state index contributed by atoms with van der Waals surface area (Å²) < 4.78 is 113. The summed E-state index contributed by atoms with van der Waals surface area (Å²) in [6, 6.07) is 0.357. The quantitative estimate of drug-likeness (QED) is 0.476. The molecule has 0 atom stereocenters. The molecule has 0 bridgehead atoms. The van der Waals surface area contributed by atoms with E-state index in [0.717, 1.165) is 6.92 Å². The molecule has 0 spiro atoms.